The van der Waals surface area contributed by atoms with Gasteiger partial charge in [0, 0.05) is 11.6 Å². The van der Waals surface area contributed by atoms with E-state index in [9.17, 15) is 4.79 Å². The minimum Gasteiger partial charge on any atom is -0.280 e. The second-order valence-electron chi connectivity index (χ2n) is 7.53. The summed E-state index contributed by atoms with van der Waals surface area (Å²) in [6.07, 6.45) is 11.5. The van der Waals surface area contributed by atoms with E-state index in [1.165, 1.54) is 25.7 Å². The lowest BCUT2D eigenvalue weighted by atomic mass is 9.93. The maximum absolute atomic E-state index is 13.2. The molecule has 4 heteroatoms. The van der Waals surface area contributed by atoms with E-state index in [1.807, 2.05) is 31.2 Å². The Morgan fingerprint density at radius 1 is 1.04 bits per heavy atom. The fraction of sp³-hybridized carbons (Fsp3) is 0.619. The van der Waals surface area contributed by atoms with Gasteiger partial charge in [-0.05, 0) is 56.3 Å². The van der Waals surface area contributed by atoms with Crippen LogP contribution in [0.25, 0.3) is 0 Å². The second kappa shape index (κ2) is 8.84. The first kappa shape index (κ1) is 18.4. The zero-order valence-corrected chi connectivity index (χ0v) is 16.0. The predicted octanol–water partition coefficient (Wildman–Crippen LogP) is 5.70. The molecule has 1 amide bonds. The molecule has 3 nitrogen and oxygen atoms in total. The van der Waals surface area contributed by atoms with Gasteiger partial charge in [-0.3, -0.25) is 14.7 Å². The largest absolute Gasteiger partial charge is 0.280 e. The highest BCUT2D eigenvalue weighted by atomic mass is 35.5. The lowest BCUT2D eigenvalue weighted by molar-refractivity contribution is 0.0779. The van der Waals surface area contributed by atoms with Gasteiger partial charge in [0.05, 0.1) is 6.04 Å². The Balaban J connectivity index is 1.85. The van der Waals surface area contributed by atoms with E-state index in [4.69, 9.17) is 16.6 Å². The molecule has 0 bridgehead atoms. The van der Waals surface area contributed by atoms with Crippen LogP contribution in [0.2, 0.25) is 0 Å². The quantitative estimate of drug-likeness (QED) is 0.386. The van der Waals surface area contributed by atoms with E-state index in [1.54, 1.807) is 4.90 Å². The van der Waals surface area contributed by atoms with Crippen molar-refractivity contribution < 1.29 is 4.79 Å². The fourth-order valence-corrected chi connectivity index (χ4v) is 4.43. The normalized spacial score (nSPS) is 20.5. The van der Waals surface area contributed by atoms with Gasteiger partial charge >= 0.3 is 0 Å². The number of halogens is 1. The smallest absolute Gasteiger partial charge is 0.260 e. The number of amidine groups is 1. The van der Waals surface area contributed by atoms with Crippen molar-refractivity contribution in [3.05, 3.63) is 35.4 Å². The molecule has 1 aromatic carbocycles. The summed E-state index contributed by atoms with van der Waals surface area (Å²) in [6.45, 7) is 2.01. The number of aliphatic imine (C=N–C) groups is 1. The first-order chi connectivity index (χ1) is 12.1. The van der Waals surface area contributed by atoms with Gasteiger partial charge in [0.1, 0.15) is 0 Å². The summed E-state index contributed by atoms with van der Waals surface area (Å²) < 4.78 is 0. The first-order valence-electron chi connectivity index (χ1n) is 9.78. The van der Waals surface area contributed by atoms with Gasteiger partial charge in [-0.25, -0.2) is 0 Å². The van der Waals surface area contributed by atoms with Gasteiger partial charge in [0.15, 0.2) is 0 Å². The third kappa shape index (κ3) is 4.84. The van der Waals surface area contributed by atoms with Gasteiger partial charge in [-0.15, -0.1) is 0 Å². The number of benzene rings is 1. The summed E-state index contributed by atoms with van der Waals surface area (Å²) >= 11 is 6.65. The molecule has 1 aromatic rings. The molecule has 0 spiro atoms. The third-order valence-corrected chi connectivity index (χ3v) is 5.77. The van der Waals surface area contributed by atoms with Crippen LogP contribution in [-0.2, 0) is 0 Å². The third-order valence-electron chi connectivity index (χ3n) is 5.49. The lowest BCUT2D eigenvalue weighted by Crippen LogP contribution is -2.44. The summed E-state index contributed by atoms with van der Waals surface area (Å²) in [5.41, 5.74) is 1.80. The highest BCUT2D eigenvalue weighted by Gasteiger charge is 2.30. The zero-order chi connectivity index (χ0) is 17.6. The number of nitrogens with zero attached hydrogens (tertiary/aromatic N) is 2. The molecule has 0 unspecified atom stereocenters. The number of carbonyl (C=O) groups excluding carboxylic acids is 1. The number of amides is 1. The molecule has 2 aliphatic carbocycles. The molecule has 2 aliphatic rings. The molecule has 0 aliphatic heterocycles. The molecule has 2 fully saturated rings. The monoisotopic (exact) mass is 360 g/mol. The first-order valence-corrected chi connectivity index (χ1v) is 10.2. The molecule has 3 rings (SSSR count). The van der Waals surface area contributed by atoms with Crippen molar-refractivity contribution in [3.8, 4) is 0 Å². The molecule has 136 valence electrons. The van der Waals surface area contributed by atoms with E-state index in [2.05, 4.69) is 0 Å². The lowest BCUT2D eigenvalue weighted by Gasteiger charge is -2.34. The van der Waals surface area contributed by atoms with Crippen molar-refractivity contribution in [2.45, 2.75) is 83.2 Å². The van der Waals surface area contributed by atoms with Gasteiger partial charge < -0.3 is 0 Å². The maximum Gasteiger partial charge on any atom is 0.260 e. The Morgan fingerprint density at radius 3 is 2.32 bits per heavy atom. The van der Waals surface area contributed by atoms with Crippen LogP contribution in [0.3, 0.4) is 0 Å². The molecule has 0 N–H and O–H groups in total. The molecule has 0 radical (unpaired) electrons. The number of carbonyl (C=O) groups is 1. The Bertz CT molecular complexity index is 616. The molecular formula is C21H29ClN2O. The van der Waals surface area contributed by atoms with Crippen molar-refractivity contribution >= 4 is 22.8 Å². The highest BCUT2D eigenvalue weighted by molar-refractivity contribution is 6.66. The van der Waals surface area contributed by atoms with Gasteiger partial charge in [0.2, 0.25) is 5.29 Å². The van der Waals surface area contributed by atoms with Crippen molar-refractivity contribution in [2.24, 2.45) is 4.99 Å². The van der Waals surface area contributed by atoms with E-state index in [-0.39, 0.29) is 18.0 Å². The summed E-state index contributed by atoms with van der Waals surface area (Å²) in [5, 5.41) is 0.408. The van der Waals surface area contributed by atoms with Crippen molar-refractivity contribution in [1.29, 1.82) is 0 Å². The molecular weight excluding hydrogens is 332 g/mol. The molecule has 0 saturated heterocycles. The van der Waals surface area contributed by atoms with Gasteiger partial charge in [-0.2, -0.15) is 0 Å². The molecule has 0 heterocycles. The molecule has 25 heavy (non-hydrogen) atoms. The summed E-state index contributed by atoms with van der Waals surface area (Å²) in [7, 11) is 0. The average Bonchev–Trinajstić information content (AvgIpc) is 2.63. The van der Waals surface area contributed by atoms with Crippen LogP contribution in [0, 0.1) is 6.92 Å². The van der Waals surface area contributed by atoms with E-state index in [0.717, 1.165) is 44.1 Å². The minimum atomic E-state index is 0.000148. The van der Waals surface area contributed by atoms with Crippen molar-refractivity contribution in [1.82, 2.24) is 4.90 Å². The van der Waals surface area contributed by atoms with Crippen LogP contribution < -0.4 is 0 Å². The van der Waals surface area contributed by atoms with Crippen LogP contribution in [-0.4, -0.2) is 28.2 Å². The Kier molecular flexibility index (Phi) is 6.52. The fourth-order valence-electron chi connectivity index (χ4n) is 4.08. The van der Waals surface area contributed by atoms with E-state index < -0.39 is 0 Å². The Morgan fingerprint density at radius 2 is 1.68 bits per heavy atom. The Labute approximate surface area is 156 Å². The van der Waals surface area contributed by atoms with Crippen LogP contribution in [0.4, 0.5) is 0 Å². The highest BCUT2D eigenvalue weighted by Crippen LogP contribution is 2.27. The standard InChI is InChI=1S/C21H29ClN2O/c1-16-9-8-10-17(15-16)20(25)24(19-13-6-3-7-14-19)21(22)23-18-11-4-2-5-12-18/h8-10,15,18-19H,2-7,11-14H2,1H3. The van der Waals surface area contributed by atoms with Crippen molar-refractivity contribution in [3.63, 3.8) is 0 Å². The SMILES string of the molecule is Cc1cccc(C(=O)N(C(Cl)=NC2CCCCC2)C2CCCCC2)c1. The summed E-state index contributed by atoms with van der Waals surface area (Å²) in [6, 6.07) is 8.24. The molecule has 0 aromatic heterocycles. The minimum absolute atomic E-state index is 0.000148. The second-order valence-corrected chi connectivity index (χ2v) is 7.86. The number of hydrogen-bond acceptors (Lipinski definition) is 2. The van der Waals surface area contributed by atoms with E-state index >= 15 is 0 Å². The average molecular weight is 361 g/mol. The predicted molar refractivity (Wildman–Crippen MR) is 104 cm³/mol. The zero-order valence-electron chi connectivity index (χ0n) is 15.2. The van der Waals surface area contributed by atoms with E-state index in [0.29, 0.717) is 10.9 Å². The number of hydrogen-bond donors (Lipinski definition) is 0. The number of rotatable bonds is 3. The van der Waals surface area contributed by atoms with Crippen LogP contribution in [0.1, 0.15) is 80.1 Å². The van der Waals surface area contributed by atoms with Crippen LogP contribution >= 0.6 is 11.6 Å². The molecule has 0 atom stereocenters. The Hall–Kier alpha value is -1.35. The summed E-state index contributed by atoms with van der Waals surface area (Å²) in [4.78, 5) is 19.8. The van der Waals surface area contributed by atoms with Gasteiger partial charge in [0.25, 0.3) is 5.91 Å². The van der Waals surface area contributed by atoms with Crippen molar-refractivity contribution in [2.75, 3.05) is 0 Å². The maximum atomic E-state index is 13.2. The van der Waals surface area contributed by atoms with Crippen LogP contribution in [0.15, 0.2) is 29.3 Å². The van der Waals surface area contributed by atoms with Gasteiger partial charge in [-0.1, -0.05) is 56.2 Å². The number of aryl methyl sites for hydroxylation is 1. The molecule has 2 saturated carbocycles. The summed E-state index contributed by atoms with van der Waals surface area (Å²) in [5.74, 6) is 0.000148. The topological polar surface area (TPSA) is 32.7 Å². The van der Waals surface area contributed by atoms with Crippen LogP contribution in [0.5, 0.6) is 0 Å².